The Morgan fingerprint density at radius 1 is 1.00 bits per heavy atom. The van der Waals surface area contributed by atoms with Crippen LogP contribution in [-0.2, 0) is 0 Å². The Morgan fingerprint density at radius 2 is 1.80 bits per heavy atom. The molecular weight excluding hydrogens is 363 g/mol. The summed E-state index contributed by atoms with van der Waals surface area (Å²) >= 11 is 12.5. The summed E-state index contributed by atoms with van der Waals surface area (Å²) in [5.74, 6) is 1.81. The summed E-state index contributed by atoms with van der Waals surface area (Å²) in [6.45, 7) is 0. The van der Waals surface area contributed by atoms with Gasteiger partial charge < -0.3 is 16.0 Å². The van der Waals surface area contributed by atoms with E-state index in [4.69, 9.17) is 28.9 Å². The van der Waals surface area contributed by atoms with E-state index >= 15 is 0 Å². The number of nitrogens with zero attached hydrogens (tertiary/aromatic N) is 5. The maximum atomic E-state index is 6.25. The molecule has 25 heavy (non-hydrogen) atoms. The summed E-state index contributed by atoms with van der Waals surface area (Å²) < 4.78 is 0. The van der Waals surface area contributed by atoms with Crippen molar-refractivity contribution in [1.29, 1.82) is 0 Å². The summed E-state index contributed by atoms with van der Waals surface area (Å²) in [5.41, 5.74) is 7.19. The molecule has 3 heterocycles. The molecule has 0 amide bonds. The third kappa shape index (κ3) is 2.92. The fourth-order valence-electron chi connectivity index (χ4n) is 2.29. The standard InChI is InChI=1S/C15H10Cl2N8/c16-7-2-1-3-8(17)11(7)13-24-12-14(21-6-22-15(12)25-13)23-10-5-19-9(18)4-20-10/h1-6H,(H2,18,19)(H2,20,21,22,23,24,25). The Balaban J connectivity index is 1.80. The normalized spacial score (nSPS) is 11.0. The highest BCUT2D eigenvalue weighted by Gasteiger charge is 2.16. The van der Waals surface area contributed by atoms with Crippen molar-refractivity contribution in [1.82, 2.24) is 29.9 Å². The smallest absolute Gasteiger partial charge is 0.183 e. The van der Waals surface area contributed by atoms with Crippen molar-refractivity contribution in [3.05, 3.63) is 47.0 Å². The minimum Gasteiger partial charge on any atom is -0.382 e. The topological polar surface area (TPSA) is 118 Å². The Labute approximate surface area is 151 Å². The molecule has 4 rings (SSSR count). The SMILES string of the molecule is Nc1cnc(Nc2ncnc3nc(-c4c(Cl)cccc4Cl)[nH]c23)cn1. The van der Waals surface area contributed by atoms with E-state index in [9.17, 15) is 0 Å². The van der Waals surface area contributed by atoms with Crippen LogP contribution in [0.2, 0.25) is 10.0 Å². The number of halogens is 2. The maximum absolute atomic E-state index is 6.25. The van der Waals surface area contributed by atoms with Gasteiger partial charge in [-0.25, -0.2) is 24.9 Å². The van der Waals surface area contributed by atoms with E-state index in [-0.39, 0.29) is 0 Å². The highest BCUT2D eigenvalue weighted by atomic mass is 35.5. The van der Waals surface area contributed by atoms with Crippen LogP contribution in [0.4, 0.5) is 17.5 Å². The van der Waals surface area contributed by atoms with Crippen molar-refractivity contribution in [2.45, 2.75) is 0 Å². The average Bonchev–Trinajstić information content (AvgIpc) is 3.01. The number of anilines is 3. The molecule has 10 heteroatoms. The van der Waals surface area contributed by atoms with Crippen LogP contribution in [0.3, 0.4) is 0 Å². The lowest BCUT2D eigenvalue weighted by atomic mass is 10.2. The van der Waals surface area contributed by atoms with Crippen molar-refractivity contribution in [2.24, 2.45) is 0 Å². The number of hydrogen-bond acceptors (Lipinski definition) is 7. The molecule has 0 bridgehead atoms. The van der Waals surface area contributed by atoms with E-state index in [0.717, 1.165) is 0 Å². The molecule has 0 aliphatic carbocycles. The Morgan fingerprint density at radius 3 is 2.52 bits per heavy atom. The lowest BCUT2D eigenvalue weighted by molar-refractivity contribution is 1.16. The largest absolute Gasteiger partial charge is 0.382 e. The molecule has 0 saturated carbocycles. The number of benzene rings is 1. The van der Waals surface area contributed by atoms with Gasteiger partial charge >= 0.3 is 0 Å². The first-order valence-corrected chi connectivity index (χ1v) is 7.87. The Hall–Kier alpha value is -2.97. The molecule has 0 spiro atoms. The second-order valence-corrected chi connectivity index (χ2v) is 5.87. The van der Waals surface area contributed by atoms with Crippen molar-refractivity contribution in [3.8, 4) is 11.4 Å². The van der Waals surface area contributed by atoms with Crippen LogP contribution >= 0.6 is 23.2 Å². The zero-order valence-corrected chi connectivity index (χ0v) is 14.0. The predicted octanol–water partition coefficient (Wildman–Crippen LogP) is 3.44. The number of aromatic nitrogens is 6. The van der Waals surface area contributed by atoms with Crippen molar-refractivity contribution >= 4 is 51.8 Å². The van der Waals surface area contributed by atoms with E-state index in [1.807, 2.05) is 0 Å². The quantitative estimate of drug-likeness (QED) is 0.503. The Kier molecular flexibility index (Phi) is 3.83. The van der Waals surface area contributed by atoms with Crippen LogP contribution in [0, 0.1) is 0 Å². The third-order valence-electron chi connectivity index (χ3n) is 3.41. The molecule has 124 valence electrons. The molecule has 0 fully saturated rings. The number of rotatable bonds is 3. The van der Waals surface area contributed by atoms with Gasteiger partial charge in [0, 0.05) is 0 Å². The molecule has 0 aliphatic rings. The van der Waals surface area contributed by atoms with Crippen molar-refractivity contribution in [3.63, 3.8) is 0 Å². The molecule has 0 atom stereocenters. The van der Waals surface area contributed by atoms with E-state index in [0.29, 0.717) is 50.1 Å². The molecule has 1 aromatic carbocycles. The van der Waals surface area contributed by atoms with Gasteiger partial charge in [-0.05, 0) is 12.1 Å². The van der Waals surface area contributed by atoms with Crippen LogP contribution in [0.1, 0.15) is 0 Å². The minimum absolute atomic E-state index is 0.329. The highest BCUT2D eigenvalue weighted by Crippen LogP contribution is 2.34. The number of nitrogens with one attached hydrogen (secondary N) is 2. The van der Waals surface area contributed by atoms with Crippen LogP contribution in [0.15, 0.2) is 36.9 Å². The highest BCUT2D eigenvalue weighted by molar-refractivity contribution is 6.39. The summed E-state index contributed by atoms with van der Waals surface area (Å²) in [7, 11) is 0. The van der Waals surface area contributed by atoms with Gasteiger partial charge in [-0.15, -0.1) is 0 Å². The maximum Gasteiger partial charge on any atom is 0.183 e. The monoisotopic (exact) mass is 372 g/mol. The zero-order valence-electron chi connectivity index (χ0n) is 12.5. The fraction of sp³-hybridized carbons (Fsp3) is 0. The molecule has 3 aromatic heterocycles. The van der Waals surface area contributed by atoms with E-state index in [1.165, 1.54) is 18.7 Å². The number of imidazole rings is 1. The first-order valence-electron chi connectivity index (χ1n) is 7.11. The molecule has 4 aromatic rings. The summed E-state index contributed by atoms with van der Waals surface area (Å²) in [4.78, 5) is 24.1. The second kappa shape index (κ2) is 6.15. The minimum atomic E-state index is 0.329. The van der Waals surface area contributed by atoms with Gasteiger partial charge in [0.05, 0.1) is 28.0 Å². The van der Waals surface area contributed by atoms with Gasteiger partial charge in [-0.3, -0.25) is 0 Å². The van der Waals surface area contributed by atoms with E-state index in [1.54, 1.807) is 18.2 Å². The van der Waals surface area contributed by atoms with Crippen LogP contribution in [-0.4, -0.2) is 29.9 Å². The lowest BCUT2D eigenvalue weighted by Crippen LogP contribution is -1.99. The molecule has 0 radical (unpaired) electrons. The fourth-order valence-corrected chi connectivity index (χ4v) is 2.87. The predicted molar refractivity (Wildman–Crippen MR) is 96.9 cm³/mol. The molecule has 0 saturated heterocycles. The first-order chi connectivity index (χ1) is 12.1. The van der Waals surface area contributed by atoms with E-state index < -0.39 is 0 Å². The van der Waals surface area contributed by atoms with Gasteiger partial charge in [0.25, 0.3) is 0 Å². The van der Waals surface area contributed by atoms with Gasteiger partial charge in [-0.2, -0.15) is 0 Å². The molecule has 8 nitrogen and oxygen atoms in total. The summed E-state index contributed by atoms with van der Waals surface area (Å²) in [5, 5.41) is 4.02. The molecule has 0 unspecified atom stereocenters. The second-order valence-electron chi connectivity index (χ2n) is 5.05. The van der Waals surface area contributed by atoms with Crippen LogP contribution < -0.4 is 11.1 Å². The third-order valence-corrected chi connectivity index (χ3v) is 4.04. The van der Waals surface area contributed by atoms with Gasteiger partial charge in [0.1, 0.15) is 29.3 Å². The van der Waals surface area contributed by atoms with Gasteiger partial charge in [0.2, 0.25) is 0 Å². The first kappa shape index (κ1) is 15.6. The average molecular weight is 373 g/mol. The molecule has 0 aliphatic heterocycles. The van der Waals surface area contributed by atoms with E-state index in [2.05, 4.69) is 35.2 Å². The number of hydrogen-bond donors (Lipinski definition) is 3. The summed E-state index contributed by atoms with van der Waals surface area (Å²) in [6, 6.07) is 5.25. The van der Waals surface area contributed by atoms with Crippen LogP contribution in [0.5, 0.6) is 0 Å². The number of fused-ring (bicyclic) bond motifs is 1. The van der Waals surface area contributed by atoms with Gasteiger partial charge in [-0.1, -0.05) is 29.3 Å². The van der Waals surface area contributed by atoms with Crippen molar-refractivity contribution in [2.75, 3.05) is 11.1 Å². The number of H-pyrrole nitrogens is 1. The molecular formula is C15H10Cl2N8. The Bertz CT molecular complexity index is 1040. The number of nitrogens with two attached hydrogens (primary N) is 1. The lowest BCUT2D eigenvalue weighted by Gasteiger charge is -2.04. The zero-order chi connectivity index (χ0) is 17.4. The van der Waals surface area contributed by atoms with Gasteiger partial charge in [0.15, 0.2) is 11.5 Å². The molecule has 4 N–H and O–H groups in total. The summed E-state index contributed by atoms with van der Waals surface area (Å²) in [6.07, 6.45) is 4.35. The number of nitrogen functional groups attached to an aromatic ring is 1. The number of aromatic amines is 1. The van der Waals surface area contributed by atoms with Crippen LogP contribution in [0.25, 0.3) is 22.6 Å². The van der Waals surface area contributed by atoms with Crippen molar-refractivity contribution < 1.29 is 0 Å².